The van der Waals surface area contributed by atoms with E-state index in [1.54, 1.807) is 0 Å². The third-order valence-corrected chi connectivity index (χ3v) is 3.53. The van der Waals surface area contributed by atoms with E-state index in [0.29, 0.717) is 12.0 Å². The first-order valence-electron chi connectivity index (χ1n) is 5.58. The normalized spacial score (nSPS) is 34.0. The van der Waals surface area contributed by atoms with Crippen molar-refractivity contribution >= 4 is 0 Å². The minimum Gasteiger partial charge on any atom is -0.501 e. The second kappa shape index (κ2) is 4.32. The maximum absolute atomic E-state index is 5.63. The van der Waals surface area contributed by atoms with Gasteiger partial charge in [0.2, 0.25) is 0 Å². The summed E-state index contributed by atoms with van der Waals surface area (Å²) < 4.78 is 5.27. The maximum atomic E-state index is 5.63. The highest BCUT2D eigenvalue weighted by Crippen LogP contribution is 2.35. The molecule has 14 heavy (non-hydrogen) atoms. The first kappa shape index (κ1) is 9.99. The zero-order valence-corrected chi connectivity index (χ0v) is 8.83. The predicted molar refractivity (Wildman–Crippen MR) is 56.3 cm³/mol. The molecule has 3 heteroatoms. The van der Waals surface area contributed by atoms with Gasteiger partial charge in [0.15, 0.2) is 0 Å². The average Bonchev–Trinajstić information content (AvgIpc) is 2.79. The van der Waals surface area contributed by atoms with E-state index in [9.17, 15) is 0 Å². The molecule has 0 aromatic heterocycles. The molecular formula is C11H20N2O. The molecule has 0 aromatic carbocycles. The van der Waals surface area contributed by atoms with Gasteiger partial charge in [-0.05, 0) is 30.3 Å². The Bertz CT molecular complexity index is 227. The molecule has 1 heterocycles. The second-order valence-electron chi connectivity index (χ2n) is 4.64. The van der Waals surface area contributed by atoms with Crippen LogP contribution in [0.3, 0.4) is 0 Å². The number of ether oxygens (including phenoxy) is 1. The Hall–Kier alpha value is -0.540. The van der Waals surface area contributed by atoms with E-state index in [2.05, 4.69) is 12.3 Å². The Kier molecular flexibility index (Phi) is 3.08. The standard InChI is InChI=1S/C11H20N2O/c1-8-2-3-9(6-8)11(13-12)10-4-5-14-7-10/h7-9,11,13H,2-6,12H2,1H3. The third kappa shape index (κ3) is 1.93. The van der Waals surface area contributed by atoms with Gasteiger partial charge >= 0.3 is 0 Å². The van der Waals surface area contributed by atoms with Gasteiger partial charge in [0.05, 0.1) is 12.9 Å². The Labute approximate surface area is 85.7 Å². The zero-order valence-electron chi connectivity index (χ0n) is 8.83. The molecule has 1 aliphatic heterocycles. The molecule has 3 atom stereocenters. The minimum absolute atomic E-state index is 0.349. The van der Waals surface area contributed by atoms with Crippen LogP contribution >= 0.6 is 0 Å². The highest BCUT2D eigenvalue weighted by molar-refractivity contribution is 5.13. The molecule has 0 saturated heterocycles. The van der Waals surface area contributed by atoms with Crippen molar-refractivity contribution in [3.05, 3.63) is 11.8 Å². The van der Waals surface area contributed by atoms with Crippen LogP contribution in [0.15, 0.2) is 11.8 Å². The Morgan fingerprint density at radius 2 is 2.43 bits per heavy atom. The van der Waals surface area contributed by atoms with Gasteiger partial charge in [-0.1, -0.05) is 13.3 Å². The van der Waals surface area contributed by atoms with E-state index in [4.69, 9.17) is 10.6 Å². The summed E-state index contributed by atoms with van der Waals surface area (Å²) in [5.41, 5.74) is 4.31. The second-order valence-corrected chi connectivity index (χ2v) is 4.64. The Balaban J connectivity index is 1.98. The molecule has 1 aliphatic carbocycles. The SMILES string of the molecule is CC1CCC(C(NN)C2=COCC2)C1. The lowest BCUT2D eigenvalue weighted by molar-refractivity contribution is 0.281. The third-order valence-electron chi connectivity index (χ3n) is 3.53. The number of rotatable bonds is 3. The van der Waals surface area contributed by atoms with Crippen LogP contribution in [0.5, 0.6) is 0 Å². The van der Waals surface area contributed by atoms with Crippen LogP contribution in [-0.2, 0) is 4.74 Å². The Morgan fingerprint density at radius 3 is 2.93 bits per heavy atom. The fourth-order valence-electron chi connectivity index (χ4n) is 2.73. The van der Waals surface area contributed by atoms with E-state index in [1.807, 2.05) is 6.26 Å². The van der Waals surface area contributed by atoms with Crippen molar-refractivity contribution in [2.45, 2.75) is 38.6 Å². The molecule has 0 spiro atoms. The molecule has 3 N–H and O–H groups in total. The first-order valence-corrected chi connectivity index (χ1v) is 5.58. The lowest BCUT2D eigenvalue weighted by Gasteiger charge is -2.23. The number of nitrogens with one attached hydrogen (secondary N) is 1. The molecule has 2 rings (SSSR count). The number of hydrazine groups is 1. The van der Waals surface area contributed by atoms with E-state index in [-0.39, 0.29) is 0 Å². The molecule has 2 aliphatic rings. The minimum atomic E-state index is 0.349. The van der Waals surface area contributed by atoms with Crippen LogP contribution in [0.2, 0.25) is 0 Å². The van der Waals surface area contributed by atoms with Gasteiger partial charge < -0.3 is 4.74 Å². The van der Waals surface area contributed by atoms with Crippen molar-refractivity contribution in [1.29, 1.82) is 0 Å². The predicted octanol–water partition coefficient (Wildman–Crippen LogP) is 1.56. The largest absolute Gasteiger partial charge is 0.501 e. The summed E-state index contributed by atoms with van der Waals surface area (Å²) in [6.45, 7) is 3.16. The smallest absolute Gasteiger partial charge is 0.0912 e. The Morgan fingerprint density at radius 1 is 1.57 bits per heavy atom. The van der Waals surface area contributed by atoms with Gasteiger partial charge in [0.25, 0.3) is 0 Å². The molecule has 0 bridgehead atoms. The van der Waals surface area contributed by atoms with E-state index >= 15 is 0 Å². The van der Waals surface area contributed by atoms with Gasteiger partial charge in [0, 0.05) is 12.5 Å². The highest BCUT2D eigenvalue weighted by atomic mass is 16.5. The summed E-state index contributed by atoms with van der Waals surface area (Å²) in [5, 5.41) is 0. The van der Waals surface area contributed by atoms with Gasteiger partial charge in [-0.25, -0.2) is 0 Å². The lowest BCUT2D eigenvalue weighted by Crippen LogP contribution is -2.41. The van der Waals surface area contributed by atoms with Crippen molar-refractivity contribution in [2.24, 2.45) is 17.7 Å². The van der Waals surface area contributed by atoms with Crippen LogP contribution in [-0.4, -0.2) is 12.6 Å². The molecule has 1 saturated carbocycles. The van der Waals surface area contributed by atoms with Gasteiger partial charge in [-0.15, -0.1) is 0 Å². The molecule has 0 aromatic rings. The van der Waals surface area contributed by atoms with Crippen LogP contribution in [0, 0.1) is 11.8 Å². The van der Waals surface area contributed by atoms with E-state index in [1.165, 1.54) is 24.8 Å². The fraction of sp³-hybridized carbons (Fsp3) is 0.818. The van der Waals surface area contributed by atoms with Crippen LogP contribution in [0.25, 0.3) is 0 Å². The summed E-state index contributed by atoms with van der Waals surface area (Å²) in [7, 11) is 0. The summed E-state index contributed by atoms with van der Waals surface area (Å²) in [4.78, 5) is 0. The van der Waals surface area contributed by atoms with E-state index < -0.39 is 0 Å². The lowest BCUT2D eigenvalue weighted by atomic mass is 9.91. The monoisotopic (exact) mass is 196 g/mol. The van der Waals surface area contributed by atoms with Gasteiger partial charge in [-0.3, -0.25) is 11.3 Å². The van der Waals surface area contributed by atoms with Crippen molar-refractivity contribution in [1.82, 2.24) is 5.43 Å². The number of hydrogen-bond donors (Lipinski definition) is 2. The molecule has 1 fully saturated rings. The highest BCUT2D eigenvalue weighted by Gasteiger charge is 2.31. The van der Waals surface area contributed by atoms with Crippen molar-refractivity contribution in [2.75, 3.05) is 6.61 Å². The van der Waals surface area contributed by atoms with E-state index in [0.717, 1.165) is 18.9 Å². The summed E-state index contributed by atoms with van der Waals surface area (Å²) in [6, 6.07) is 0.349. The first-order chi connectivity index (χ1) is 6.81. The summed E-state index contributed by atoms with van der Waals surface area (Å²) in [6.07, 6.45) is 6.88. The molecule has 80 valence electrons. The molecular weight excluding hydrogens is 176 g/mol. The molecule has 0 radical (unpaired) electrons. The fourth-order valence-corrected chi connectivity index (χ4v) is 2.73. The van der Waals surface area contributed by atoms with Crippen LogP contribution in [0.4, 0.5) is 0 Å². The maximum Gasteiger partial charge on any atom is 0.0912 e. The average molecular weight is 196 g/mol. The zero-order chi connectivity index (χ0) is 9.97. The molecule has 3 nitrogen and oxygen atoms in total. The molecule has 3 unspecified atom stereocenters. The van der Waals surface area contributed by atoms with Crippen molar-refractivity contribution in [3.8, 4) is 0 Å². The summed E-state index contributed by atoms with van der Waals surface area (Å²) >= 11 is 0. The van der Waals surface area contributed by atoms with Gasteiger partial charge in [0.1, 0.15) is 0 Å². The van der Waals surface area contributed by atoms with Crippen molar-refractivity contribution < 1.29 is 4.74 Å². The quantitative estimate of drug-likeness (QED) is 0.532. The number of hydrogen-bond acceptors (Lipinski definition) is 3. The summed E-state index contributed by atoms with van der Waals surface area (Å²) in [5.74, 6) is 7.20. The van der Waals surface area contributed by atoms with Crippen LogP contribution < -0.4 is 11.3 Å². The van der Waals surface area contributed by atoms with Gasteiger partial charge in [-0.2, -0.15) is 0 Å². The van der Waals surface area contributed by atoms with Crippen LogP contribution in [0.1, 0.15) is 32.6 Å². The van der Waals surface area contributed by atoms with Crippen molar-refractivity contribution in [3.63, 3.8) is 0 Å². The number of nitrogens with two attached hydrogens (primary N) is 1. The topological polar surface area (TPSA) is 47.3 Å². The molecule has 0 amide bonds.